The Morgan fingerprint density at radius 2 is 1.66 bits per heavy atom. The molecule has 0 N–H and O–H groups in total. The maximum atomic E-state index is 12.9. The van der Waals surface area contributed by atoms with Crippen molar-refractivity contribution in [3.63, 3.8) is 0 Å². The third kappa shape index (κ3) is 3.95. The zero-order valence-corrected chi connectivity index (χ0v) is 17.8. The molecular formula is C21H21Cl2N5O. The van der Waals surface area contributed by atoms with Crippen molar-refractivity contribution in [3.05, 3.63) is 69.6 Å². The van der Waals surface area contributed by atoms with Crippen LogP contribution in [0.3, 0.4) is 0 Å². The molecule has 29 heavy (non-hydrogen) atoms. The van der Waals surface area contributed by atoms with E-state index in [0.717, 1.165) is 36.0 Å². The average molecular weight is 430 g/mol. The predicted molar refractivity (Wildman–Crippen MR) is 115 cm³/mol. The zero-order valence-electron chi connectivity index (χ0n) is 16.3. The molecule has 1 aromatic carbocycles. The van der Waals surface area contributed by atoms with Crippen LogP contribution < -0.4 is 4.90 Å². The van der Waals surface area contributed by atoms with E-state index in [9.17, 15) is 4.79 Å². The fraction of sp³-hybridized carbons (Fsp3) is 0.286. The largest absolute Gasteiger partial charge is 0.353 e. The number of amides is 1. The molecule has 1 amide bonds. The van der Waals surface area contributed by atoms with E-state index >= 15 is 0 Å². The molecular weight excluding hydrogens is 409 g/mol. The van der Waals surface area contributed by atoms with Crippen LogP contribution in [0.25, 0.3) is 5.69 Å². The number of aryl methyl sites for hydroxylation is 1. The lowest BCUT2D eigenvalue weighted by atomic mass is 10.1. The summed E-state index contributed by atoms with van der Waals surface area (Å²) in [4.78, 5) is 21.3. The van der Waals surface area contributed by atoms with Crippen molar-refractivity contribution < 1.29 is 4.79 Å². The van der Waals surface area contributed by atoms with Gasteiger partial charge in [-0.05, 0) is 50.2 Å². The first-order chi connectivity index (χ1) is 13.9. The Bertz CT molecular complexity index is 1020. The van der Waals surface area contributed by atoms with Crippen LogP contribution in [0.1, 0.15) is 21.7 Å². The van der Waals surface area contributed by atoms with E-state index < -0.39 is 0 Å². The highest BCUT2D eigenvalue weighted by molar-refractivity contribution is 6.31. The number of carbonyl (C=O) groups excluding carboxylic acids is 1. The second-order valence-corrected chi connectivity index (χ2v) is 7.87. The molecule has 150 valence electrons. The van der Waals surface area contributed by atoms with Crippen LogP contribution in [0.5, 0.6) is 0 Å². The SMILES string of the molecule is Cc1nn(-c2ccc(C(=O)N3CCN(c4ccc(Cl)cn4)CC3)cc2)c(C)c1Cl. The third-order valence-electron chi connectivity index (χ3n) is 5.16. The van der Waals surface area contributed by atoms with Crippen LogP contribution in [-0.2, 0) is 0 Å². The summed E-state index contributed by atoms with van der Waals surface area (Å²) in [5, 5.41) is 5.74. The Balaban J connectivity index is 1.42. The number of nitrogens with zero attached hydrogens (tertiary/aromatic N) is 5. The first-order valence-corrected chi connectivity index (χ1v) is 10.2. The van der Waals surface area contributed by atoms with Crippen molar-refractivity contribution in [2.75, 3.05) is 31.1 Å². The van der Waals surface area contributed by atoms with Gasteiger partial charge in [-0.15, -0.1) is 0 Å². The zero-order chi connectivity index (χ0) is 20.5. The molecule has 0 bridgehead atoms. The lowest BCUT2D eigenvalue weighted by Gasteiger charge is -2.35. The number of piperazine rings is 1. The van der Waals surface area contributed by atoms with Crippen molar-refractivity contribution in [1.29, 1.82) is 0 Å². The highest BCUT2D eigenvalue weighted by atomic mass is 35.5. The normalized spacial score (nSPS) is 14.3. The lowest BCUT2D eigenvalue weighted by Crippen LogP contribution is -2.49. The Morgan fingerprint density at radius 1 is 0.966 bits per heavy atom. The van der Waals surface area contributed by atoms with Gasteiger partial charge >= 0.3 is 0 Å². The summed E-state index contributed by atoms with van der Waals surface area (Å²) < 4.78 is 1.80. The third-order valence-corrected chi connectivity index (χ3v) is 5.94. The molecule has 2 aromatic heterocycles. The smallest absolute Gasteiger partial charge is 0.253 e. The minimum absolute atomic E-state index is 0.0339. The summed E-state index contributed by atoms with van der Waals surface area (Å²) >= 11 is 12.1. The molecule has 0 saturated carbocycles. The molecule has 1 fully saturated rings. The maximum absolute atomic E-state index is 12.9. The van der Waals surface area contributed by atoms with Gasteiger partial charge in [-0.2, -0.15) is 5.10 Å². The van der Waals surface area contributed by atoms with Gasteiger partial charge in [0.15, 0.2) is 0 Å². The molecule has 3 aromatic rings. The van der Waals surface area contributed by atoms with Crippen molar-refractivity contribution in [3.8, 4) is 5.69 Å². The number of benzene rings is 1. The van der Waals surface area contributed by atoms with Gasteiger partial charge in [0.2, 0.25) is 0 Å². The van der Waals surface area contributed by atoms with Gasteiger partial charge in [0.05, 0.1) is 27.1 Å². The molecule has 1 aliphatic heterocycles. The number of halogens is 2. The van der Waals surface area contributed by atoms with E-state index in [-0.39, 0.29) is 5.91 Å². The van der Waals surface area contributed by atoms with Crippen LogP contribution >= 0.6 is 23.2 Å². The number of carbonyl (C=O) groups is 1. The number of aromatic nitrogens is 3. The van der Waals surface area contributed by atoms with E-state index in [4.69, 9.17) is 23.2 Å². The van der Waals surface area contributed by atoms with Crippen LogP contribution in [0.4, 0.5) is 5.82 Å². The summed E-state index contributed by atoms with van der Waals surface area (Å²) in [6.07, 6.45) is 1.64. The standard InChI is InChI=1S/C21H21Cl2N5O/c1-14-20(23)15(2)28(25-14)18-6-3-16(4-7-18)21(29)27-11-9-26(10-12-27)19-8-5-17(22)13-24-19/h3-8,13H,9-12H2,1-2H3. The molecule has 0 aliphatic carbocycles. The molecule has 0 radical (unpaired) electrons. The van der Waals surface area contributed by atoms with Gasteiger partial charge in [0.1, 0.15) is 5.82 Å². The summed E-state index contributed by atoms with van der Waals surface area (Å²) in [5.41, 5.74) is 3.22. The number of pyridine rings is 1. The van der Waals surface area contributed by atoms with Gasteiger partial charge < -0.3 is 9.80 Å². The lowest BCUT2D eigenvalue weighted by molar-refractivity contribution is 0.0746. The number of anilines is 1. The predicted octanol–water partition coefficient (Wildman–Crippen LogP) is 4.15. The van der Waals surface area contributed by atoms with E-state index in [1.807, 2.05) is 55.1 Å². The van der Waals surface area contributed by atoms with Crippen molar-refractivity contribution in [2.45, 2.75) is 13.8 Å². The van der Waals surface area contributed by atoms with E-state index in [1.54, 1.807) is 10.9 Å². The molecule has 1 aliphatic rings. The Kier molecular flexibility index (Phi) is 5.48. The average Bonchev–Trinajstić information content (AvgIpc) is 3.01. The molecule has 1 saturated heterocycles. The first kappa shape index (κ1) is 19.7. The molecule has 0 atom stereocenters. The molecule has 0 unspecified atom stereocenters. The minimum Gasteiger partial charge on any atom is -0.353 e. The second-order valence-electron chi connectivity index (χ2n) is 7.06. The van der Waals surface area contributed by atoms with Gasteiger partial charge in [-0.3, -0.25) is 4.79 Å². The number of hydrogen-bond donors (Lipinski definition) is 0. The maximum Gasteiger partial charge on any atom is 0.253 e. The quantitative estimate of drug-likeness (QED) is 0.627. The number of rotatable bonds is 3. The van der Waals surface area contributed by atoms with Crippen molar-refractivity contribution in [2.24, 2.45) is 0 Å². The minimum atomic E-state index is 0.0339. The van der Waals surface area contributed by atoms with Crippen LogP contribution in [0.2, 0.25) is 10.0 Å². The van der Waals surface area contributed by atoms with E-state index in [0.29, 0.717) is 28.7 Å². The van der Waals surface area contributed by atoms with Gasteiger partial charge in [0, 0.05) is 37.9 Å². The molecule has 0 spiro atoms. The summed E-state index contributed by atoms with van der Waals surface area (Å²) in [6, 6.07) is 11.2. The summed E-state index contributed by atoms with van der Waals surface area (Å²) in [6.45, 7) is 6.58. The number of hydrogen-bond acceptors (Lipinski definition) is 4. The van der Waals surface area contributed by atoms with Crippen LogP contribution in [0, 0.1) is 13.8 Å². The highest BCUT2D eigenvalue weighted by Gasteiger charge is 2.23. The Hall–Kier alpha value is -2.57. The van der Waals surface area contributed by atoms with Crippen LogP contribution in [-0.4, -0.2) is 51.8 Å². The molecule has 4 rings (SSSR count). The van der Waals surface area contributed by atoms with Crippen molar-refractivity contribution in [1.82, 2.24) is 19.7 Å². The second kappa shape index (κ2) is 8.05. The fourth-order valence-electron chi connectivity index (χ4n) is 3.50. The fourth-order valence-corrected chi connectivity index (χ4v) is 3.73. The topological polar surface area (TPSA) is 54.3 Å². The highest BCUT2D eigenvalue weighted by Crippen LogP contribution is 2.23. The van der Waals surface area contributed by atoms with Gasteiger partial charge in [0.25, 0.3) is 5.91 Å². The monoisotopic (exact) mass is 429 g/mol. The van der Waals surface area contributed by atoms with E-state index in [2.05, 4.69) is 15.0 Å². The Morgan fingerprint density at radius 3 is 2.21 bits per heavy atom. The van der Waals surface area contributed by atoms with Crippen LogP contribution in [0.15, 0.2) is 42.6 Å². The van der Waals surface area contributed by atoms with E-state index in [1.165, 1.54) is 0 Å². The molecule has 8 heteroatoms. The first-order valence-electron chi connectivity index (χ1n) is 9.42. The van der Waals surface area contributed by atoms with Gasteiger partial charge in [-0.25, -0.2) is 9.67 Å². The Labute approximate surface area is 179 Å². The van der Waals surface area contributed by atoms with Gasteiger partial charge in [-0.1, -0.05) is 23.2 Å². The van der Waals surface area contributed by atoms with Crippen molar-refractivity contribution >= 4 is 34.9 Å². The molecule has 3 heterocycles. The summed E-state index contributed by atoms with van der Waals surface area (Å²) in [5.74, 6) is 0.918. The molecule has 6 nitrogen and oxygen atoms in total. The summed E-state index contributed by atoms with van der Waals surface area (Å²) in [7, 11) is 0.